The highest BCUT2D eigenvalue weighted by atomic mass is 16.2. The van der Waals surface area contributed by atoms with Crippen LogP contribution in [0.2, 0.25) is 0 Å². The topological polar surface area (TPSA) is 49.4 Å². The van der Waals surface area contributed by atoms with E-state index in [9.17, 15) is 9.59 Å². The predicted molar refractivity (Wildman–Crippen MR) is 104 cm³/mol. The number of amides is 2. The zero-order valence-electron chi connectivity index (χ0n) is 15.7. The largest absolute Gasteiger partial charge is 0.345 e. The fourth-order valence-corrected chi connectivity index (χ4v) is 3.45. The van der Waals surface area contributed by atoms with E-state index < -0.39 is 0 Å². The monoisotopic (exact) mass is 350 g/mol. The molecule has 2 amide bonds. The molecule has 4 nitrogen and oxygen atoms in total. The quantitative estimate of drug-likeness (QED) is 0.879. The molecular formula is C22H26N2O2. The summed E-state index contributed by atoms with van der Waals surface area (Å²) in [7, 11) is 0. The number of benzene rings is 2. The molecule has 0 unspecified atom stereocenters. The van der Waals surface area contributed by atoms with Gasteiger partial charge in [0.05, 0.1) is 6.04 Å². The summed E-state index contributed by atoms with van der Waals surface area (Å²) >= 11 is 0. The van der Waals surface area contributed by atoms with Gasteiger partial charge in [0.2, 0.25) is 5.91 Å². The number of carbonyl (C=O) groups excluding carboxylic acids is 2. The summed E-state index contributed by atoms with van der Waals surface area (Å²) in [5.41, 5.74) is 4.99. The lowest BCUT2D eigenvalue weighted by molar-refractivity contribution is -0.118. The number of anilines is 1. The molecule has 0 bridgehead atoms. The third-order valence-corrected chi connectivity index (χ3v) is 5.03. The van der Waals surface area contributed by atoms with Gasteiger partial charge in [0.25, 0.3) is 5.91 Å². The van der Waals surface area contributed by atoms with E-state index in [0.717, 1.165) is 29.7 Å². The zero-order chi connectivity index (χ0) is 18.7. The van der Waals surface area contributed by atoms with Gasteiger partial charge in [-0.2, -0.15) is 0 Å². The number of hydrogen-bond acceptors (Lipinski definition) is 2. The molecule has 0 aliphatic carbocycles. The van der Waals surface area contributed by atoms with Gasteiger partial charge in [0.15, 0.2) is 0 Å². The maximum absolute atomic E-state index is 12.7. The van der Waals surface area contributed by atoms with Gasteiger partial charge >= 0.3 is 0 Å². The van der Waals surface area contributed by atoms with Crippen molar-refractivity contribution in [3.05, 3.63) is 64.7 Å². The molecule has 0 spiro atoms. The molecule has 26 heavy (non-hydrogen) atoms. The Morgan fingerprint density at radius 2 is 1.85 bits per heavy atom. The van der Waals surface area contributed by atoms with Crippen molar-refractivity contribution in [1.82, 2.24) is 5.32 Å². The van der Waals surface area contributed by atoms with Crippen molar-refractivity contribution in [2.45, 2.75) is 46.1 Å². The molecule has 1 atom stereocenters. The molecule has 2 aromatic carbocycles. The Morgan fingerprint density at radius 3 is 2.50 bits per heavy atom. The second kappa shape index (κ2) is 7.73. The Bertz CT molecular complexity index is 811. The number of fused-ring (bicyclic) bond motifs is 1. The van der Waals surface area contributed by atoms with Crippen molar-refractivity contribution < 1.29 is 9.59 Å². The van der Waals surface area contributed by atoms with E-state index in [1.165, 1.54) is 5.56 Å². The summed E-state index contributed by atoms with van der Waals surface area (Å²) in [6.45, 7) is 6.70. The summed E-state index contributed by atoms with van der Waals surface area (Å²) in [5.74, 6) is 0.0619. The smallest absolute Gasteiger partial charge is 0.251 e. The van der Waals surface area contributed by atoms with Crippen LogP contribution in [0.15, 0.2) is 42.5 Å². The van der Waals surface area contributed by atoms with Crippen LogP contribution in [-0.4, -0.2) is 18.4 Å². The lowest BCUT2D eigenvalue weighted by atomic mass is 10.0. The molecule has 136 valence electrons. The first-order valence-electron chi connectivity index (χ1n) is 9.34. The maximum Gasteiger partial charge on any atom is 0.251 e. The van der Waals surface area contributed by atoms with Gasteiger partial charge < -0.3 is 10.2 Å². The number of nitrogens with one attached hydrogen (secondary N) is 1. The molecule has 1 aliphatic heterocycles. The first kappa shape index (κ1) is 18.2. The van der Waals surface area contributed by atoms with Crippen LogP contribution in [0.5, 0.6) is 0 Å². The third kappa shape index (κ3) is 3.64. The van der Waals surface area contributed by atoms with Gasteiger partial charge in [-0.05, 0) is 49.1 Å². The zero-order valence-corrected chi connectivity index (χ0v) is 15.7. The SMILES string of the molecule is CCC(=O)N1CCc2cc(C(=O)N[C@@H](CC)c3ccc(C)cc3)ccc21. The fourth-order valence-electron chi connectivity index (χ4n) is 3.45. The van der Waals surface area contributed by atoms with Crippen LogP contribution in [0.1, 0.15) is 59.8 Å². The highest BCUT2D eigenvalue weighted by molar-refractivity contribution is 5.98. The first-order chi connectivity index (χ1) is 12.5. The van der Waals surface area contributed by atoms with Crippen molar-refractivity contribution in [3.63, 3.8) is 0 Å². The number of hydrogen-bond donors (Lipinski definition) is 1. The van der Waals surface area contributed by atoms with E-state index in [2.05, 4.69) is 43.4 Å². The lowest BCUT2D eigenvalue weighted by Gasteiger charge is -2.19. The average molecular weight is 350 g/mol. The minimum Gasteiger partial charge on any atom is -0.345 e. The van der Waals surface area contributed by atoms with Crippen molar-refractivity contribution in [1.29, 1.82) is 0 Å². The summed E-state index contributed by atoms with van der Waals surface area (Å²) < 4.78 is 0. The van der Waals surface area contributed by atoms with E-state index >= 15 is 0 Å². The molecule has 0 radical (unpaired) electrons. The second-order valence-corrected chi connectivity index (χ2v) is 6.84. The van der Waals surface area contributed by atoms with Crippen LogP contribution in [-0.2, 0) is 11.2 Å². The van der Waals surface area contributed by atoms with Gasteiger partial charge in [-0.25, -0.2) is 0 Å². The first-order valence-corrected chi connectivity index (χ1v) is 9.34. The van der Waals surface area contributed by atoms with Crippen molar-refractivity contribution in [3.8, 4) is 0 Å². The Balaban J connectivity index is 1.76. The standard InChI is InChI=1S/C22H26N2O2/c1-4-19(16-8-6-15(3)7-9-16)23-22(26)18-10-11-20-17(14-18)12-13-24(20)21(25)5-2/h6-11,14,19H,4-5,12-13H2,1-3H3,(H,23,26)/t19-/m0/s1. The lowest BCUT2D eigenvalue weighted by Crippen LogP contribution is -2.28. The minimum atomic E-state index is -0.0690. The molecule has 1 heterocycles. The highest BCUT2D eigenvalue weighted by Gasteiger charge is 2.24. The number of carbonyl (C=O) groups is 2. The molecule has 3 rings (SSSR count). The predicted octanol–water partition coefficient (Wildman–Crippen LogP) is 4.18. The molecular weight excluding hydrogens is 324 g/mol. The van der Waals surface area contributed by atoms with Crippen LogP contribution < -0.4 is 10.2 Å². The summed E-state index contributed by atoms with van der Waals surface area (Å²) in [6, 6.07) is 13.9. The molecule has 0 saturated carbocycles. The van der Waals surface area contributed by atoms with Crippen molar-refractivity contribution in [2.75, 3.05) is 11.4 Å². The van der Waals surface area contributed by atoms with Crippen LogP contribution >= 0.6 is 0 Å². The molecule has 0 fully saturated rings. The average Bonchev–Trinajstić information content (AvgIpc) is 3.09. The van der Waals surface area contributed by atoms with Crippen molar-refractivity contribution >= 4 is 17.5 Å². The van der Waals surface area contributed by atoms with Crippen LogP contribution in [0.4, 0.5) is 5.69 Å². The van der Waals surface area contributed by atoms with Crippen LogP contribution in [0, 0.1) is 6.92 Å². The van der Waals surface area contributed by atoms with E-state index in [4.69, 9.17) is 0 Å². The number of aryl methyl sites for hydroxylation is 1. The van der Waals surface area contributed by atoms with E-state index in [0.29, 0.717) is 18.5 Å². The molecule has 0 aromatic heterocycles. The van der Waals surface area contributed by atoms with E-state index in [1.54, 1.807) is 0 Å². The van der Waals surface area contributed by atoms with Gasteiger partial charge in [0.1, 0.15) is 0 Å². The summed E-state index contributed by atoms with van der Waals surface area (Å²) in [4.78, 5) is 26.6. The Morgan fingerprint density at radius 1 is 1.12 bits per heavy atom. The third-order valence-electron chi connectivity index (χ3n) is 5.03. The maximum atomic E-state index is 12.7. The van der Waals surface area contributed by atoms with Gasteiger partial charge in [-0.1, -0.05) is 43.7 Å². The fraction of sp³-hybridized carbons (Fsp3) is 0.364. The van der Waals surface area contributed by atoms with Gasteiger partial charge in [-0.3, -0.25) is 9.59 Å². The number of rotatable bonds is 5. The Labute approximate surface area is 155 Å². The molecule has 4 heteroatoms. The minimum absolute atomic E-state index is 0.00507. The van der Waals surface area contributed by atoms with Crippen LogP contribution in [0.25, 0.3) is 0 Å². The normalized spacial score (nSPS) is 14.0. The highest BCUT2D eigenvalue weighted by Crippen LogP contribution is 2.29. The molecule has 1 aliphatic rings. The van der Waals surface area contributed by atoms with Crippen LogP contribution in [0.3, 0.4) is 0 Å². The van der Waals surface area contributed by atoms with Crippen molar-refractivity contribution in [2.24, 2.45) is 0 Å². The van der Waals surface area contributed by atoms with Gasteiger partial charge in [-0.15, -0.1) is 0 Å². The van der Waals surface area contributed by atoms with E-state index in [1.807, 2.05) is 30.0 Å². The Kier molecular flexibility index (Phi) is 5.40. The number of nitrogens with zero attached hydrogens (tertiary/aromatic N) is 1. The van der Waals surface area contributed by atoms with Gasteiger partial charge in [0, 0.05) is 24.2 Å². The second-order valence-electron chi connectivity index (χ2n) is 6.84. The molecule has 2 aromatic rings. The molecule has 0 saturated heterocycles. The van der Waals surface area contributed by atoms with E-state index in [-0.39, 0.29) is 17.9 Å². The summed E-state index contributed by atoms with van der Waals surface area (Å²) in [6.07, 6.45) is 2.13. The summed E-state index contributed by atoms with van der Waals surface area (Å²) in [5, 5.41) is 3.14. The molecule has 1 N–H and O–H groups in total. The Hall–Kier alpha value is -2.62.